The zero-order valence-corrected chi connectivity index (χ0v) is 17.7. The molecule has 1 N–H and O–H groups in total. The Labute approximate surface area is 187 Å². The Morgan fingerprint density at radius 3 is 2.56 bits per heavy atom. The fourth-order valence-corrected chi connectivity index (χ4v) is 3.58. The van der Waals surface area contributed by atoms with Gasteiger partial charge in [-0.05, 0) is 30.7 Å². The van der Waals surface area contributed by atoms with Gasteiger partial charge < -0.3 is 15.0 Å². The maximum atomic E-state index is 12.8. The van der Waals surface area contributed by atoms with Crippen molar-refractivity contribution in [1.82, 2.24) is 4.90 Å². The predicted molar refractivity (Wildman–Crippen MR) is 111 cm³/mol. The zero-order chi connectivity index (χ0) is 23.5. The molecule has 0 saturated carbocycles. The van der Waals surface area contributed by atoms with E-state index in [1.54, 1.807) is 4.90 Å². The van der Waals surface area contributed by atoms with Crippen LogP contribution in [-0.2, 0) is 25.3 Å². The van der Waals surface area contributed by atoms with Crippen molar-refractivity contribution >= 4 is 35.1 Å². The molecule has 0 aromatic heterocycles. The molecule has 3 rings (SSSR count). The second kappa shape index (κ2) is 9.60. The van der Waals surface area contributed by atoms with Gasteiger partial charge in [0.1, 0.15) is 0 Å². The lowest BCUT2D eigenvalue weighted by Crippen LogP contribution is -2.30. The number of halogens is 4. The molecule has 1 aliphatic rings. The summed E-state index contributed by atoms with van der Waals surface area (Å²) in [7, 11) is 0. The number of nitrogens with zero attached hydrogens (tertiary/aromatic N) is 1. The molecule has 0 bridgehead atoms. The summed E-state index contributed by atoms with van der Waals surface area (Å²) in [6, 6.07) is 11.6. The van der Waals surface area contributed by atoms with E-state index in [0.717, 1.165) is 17.7 Å². The number of hydrogen-bond donors (Lipinski definition) is 1. The summed E-state index contributed by atoms with van der Waals surface area (Å²) in [5, 5.41) is 2.11. The van der Waals surface area contributed by atoms with Crippen LogP contribution < -0.4 is 5.32 Å². The molecule has 2 atom stereocenters. The van der Waals surface area contributed by atoms with Gasteiger partial charge in [0.05, 0.1) is 28.2 Å². The first-order valence-corrected chi connectivity index (χ1v) is 10.1. The number of carbonyl (C=O) groups is 3. The standard InChI is InChI=1S/C22H20ClF3N2O4/c1-13(14-5-3-2-4-6-14)28-11-15(9-20(28)30)21(31)32-12-19(29)27-18-10-16(22(24,25)26)7-8-17(18)23/h2-8,10,13,15H,9,11-12H2,1H3,(H,27,29)/t13-,15+/m0/s1. The van der Waals surface area contributed by atoms with Gasteiger partial charge >= 0.3 is 12.1 Å². The summed E-state index contributed by atoms with van der Waals surface area (Å²) in [4.78, 5) is 38.3. The van der Waals surface area contributed by atoms with Crippen molar-refractivity contribution in [2.24, 2.45) is 5.92 Å². The van der Waals surface area contributed by atoms with Crippen LogP contribution in [0, 0.1) is 5.92 Å². The van der Waals surface area contributed by atoms with Crippen LogP contribution in [-0.4, -0.2) is 35.8 Å². The molecule has 10 heteroatoms. The van der Waals surface area contributed by atoms with Gasteiger partial charge in [-0.1, -0.05) is 41.9 Å². The maximum absolute atomic E-state index is 12.8. The lowest BCUT2D eigenvalue weighted by molar-refractivity contribution is -0.151. The fourth-order valence-electron chi connectivity index (χ4n) is 3.41. The number of amides is 2. The number of ether oxygens (including phenoxy) is 1. The summed E-state index contributed by atoms with van der Waals surface area (Å²) in [5.41, 5.74) is -0.306. The van der Waals surface area contributed by atoms with Gasteiger partial charge in [-0.15, -0.1) is 0 Å². The van der Waals surface area contributed by atoms with E-state index in [0.29, 0.717) is 6.07 Å². The minimum Gasteiger partial charge on any atom is -0.455 e. The monoisotopic (exact) mass is 468 g/mol. The summed E-state index contributed by atoms with van der Waals surface area (Å²) in [5.74, 6) is -2.52. The summed E-state index contributed by atoms with van der Waals surface area (Å²) in [6.07, 6.45) is -4.65. The van der Waals surface area contributed by atoms with Gasteiger partial charge in [0, 0.05) is 13.0 Å². The summed E-state index contributed by atoms with van der Waals surface area (Å²) >= 11 is 5.84. The van der Waals surface area contributed by atoms with Crippen molar-refractivity contribution < 1.29 is 32.3 Å². The quantitative estimate of drug-likeness (QED) is 0.635. The fraction of sp³-hybridized carbons (Fsp3) is 0.318. The van der Waals surface area contributed by atoms with Crippen LogP contribution in [0.25, 0.3) is 0 Å². The molecule has 6 nitrogen and oxygen atoms in total. The van der Waals surface area contributed by atoms with Crippen LogP contribution in [0.15, 0.2) is 48.5 Å². The average molecular weight is 469 g/mol. The lowest BCUT2D eigenvalue weighted by Gasteiger charge is -2.25. The Morgan fingerprint density at radius 2 is 1.91 bits per heavy atom. The van der Waals surface area contributed by atoms with Crippen molar-refractivity contribution in [3.05, 3.63) is 64.7 Å². The number of nitrogens with one attached hydrogen (secondary N) is 1. The van der Waals surface area contributed by atoms with Gasteiger partial charge in [-0.25, -0.2) is 0 Å². The van der Waals surface area contributed by atoms with Crippen molar-refractivity contribution in [3.8, 4) is 0 Å². The largest absolute Gasteiger partial charge is 0.455 e. The Bertz CT molecular complexity index is 1010. The van der Waals surface area contributed by atoms with E-state index in [2.05, 4.69) is 5.32 Å². The highest BCUT2D eigenvalue weighted by molar-refractivity contribution is 6.33. The topological polar surface area (TPSA) is 75.7 Å². The molecular formula is C22H20ClF3N2O4. The molecule has 170 valence electrons. The first-order chi connectivity index (χ1) is 15.1. The second-order valence-electron chi connectivity index (χ2n) is 7.38. The van der Waals surface area contributed by atoms with E-state index in [4.69, 9.17) is 16.3 Å². The Morgan fingerprint density at radius 1 is 1.22 bits per heavy atom. The van der Waals surface area contributed by atoms with Crippen LogP contribution in [0.4, 0.5) is 18.9 Å². The van der Waals surface area contributed by atoms with Crippen LogP contribution >= 0.6 is 11.6 Å². The van der Waals surface area contributed by atoms with Gasteiger partial charge in [0.25, 0.3) is 5.91 Å². The van der Waals surface area contributed by atoms with Crippen LogP contribution in [0.2, 0.25) is 5.02 Å². The van der Waals surface area contributed by atoms with E-state index in [9.17, 15) is 27.6 Å². The molecular weight excluding hydrogens is 449 g/mol. The number of carbonyl (C=O) groups excluding carboxylic acids is 3. The van der Waals surface area contributed by atoms with E-state index < -0.39 is 36.1 Å². The number of hydrogen-bond acceptors (Lipinski definition) is 4. The van der Waals surface area contributed by atoms with Crippen LogP contribution in [0.3, 0.4) is 0 Å². The highest BCUT2D eigenvalue weighted by Gasteiger charge is 2.38. The molecule has 1 saturated heterocycles. The maximum Gasteiger partial charge on any atom is 0.416 e. The van der Waals surface area contributed by atoms with Crippen LogP contribution in [0.5, 0.6) is 0 Å². The van der Waals surface area contributed by atoms with Gasteiger partial charge in [-0.3, -0.25) is 14.4 Å². The van der Waals surface area contributed by atoms with E-state index >= 15 is 0 Å². The molecule has 0 spiro atoms. The molecule has 2 amide bonds. The highest BCUT2D eigenvalue weighted by atomic mass is 35.5. The Balaban J connectivity index is 1.55. The third-order valence-corrected chi connectivity index (χ3v) is 5.48. The van der Waals surface area contributed by atoms with Crippen molar-refractivity contribution in [2.45, 2.75) is 25.6 Å². The minimum atomic E-state index is -4.60. The minimum absolute atomic E-state index is 0.0446. The molecule has 2 aromatic carbocycles. The number of esters is 1. The lowest BCUT2D eigenvalue weighted by atomic mass is 10.1. The summed E-state index contributed by atoms with van der Waals surface area (Å²) in [6.45, 7) is 1.28. The molecule has 0 aliphatic carbocycles. The highest BCUT2D eigenvalue weighted by Crippen LogP contribution is 2.34. The molecule has 1 heterocycles. The molecule has 32 heavy (non-hydrogen) atoms. The van der Waals surface area contributed by atoms with Gasteiger partial charge in [0.15, 0.2) is 6.61 Å². The number of alkyl halides is 3. The SMILES string of the molecule is C[C@@H](c1ccccc1)N1C[C@H](C(=O)OCC(=O)Nc2cc(C(F)(F)F)ccc2Cl)CC1=O. The zero-order valence-electron chi connectivity index (χ0n) is 17.0. The third-order valence-electron chi connectivity index (χ3n) is 5.15. The second-order valence-corrected chi connectivity index (χ2v) is 7.79. The van der Waals surface area contributed by atoms with Crippen molar-refractivity contribution in [1.29, 1.82) is 0 Å². The average Bonchev–Trinajstić information content (AvgIpc) is 3.14. The Kier molecular flexibility index (Phi) is 7.08. The van der Waals surface area contributed by atoms with Gasteiger partial charge in [0.2, 0.25) is 5.91 Å². The number of anilines is 1. The van der Waals surface area contributed by atoms with Crippen LogP contribution in [0.1, 0.15) is 30.5 Å². The molecule has 0 unspecified atom stereocenters. The summed E-state index contributed by atoms with van der Waals surface area (Å²) < 4.78 is 43.5. The Hall–Kier alpha value is -3.07. The molecule has 1 fully saturated rings. The van der Waals surface area contributed by atoms with E-state index in [1.807, 2.05) is 37.3 Å². The van der Waals surface area contributed by atoms with Crippen molar-refractivity contribution in [3.63, 3.8) is 0 Å². The van der Waals surface area contributed by atoms with Gasteiger partial charge in [-0.2, -0.15) is 13.2 Å². The number of likely N-dealkylation sites (tertiary alicyclic amines) is 1. The normalized spacial score (nSPS) is 17.2. The molecule has 2 aromatic rings. The number of benzene rings is 2. The molecule has 0 radical (unpaired) electrons. The number of rotatable bonds is 6. The smallest absolute Gasteiger partial charge is 0.416 e. The van der Waals surface area contributed by atoms with E-state index in [-0.39, 0.29) is 35.6 Å². The first kappa shape index (κ1) is 23.6. The predicted octanol–water partition coefficient (Wildman–Crippen LogP) is 4.45. The van der Waals surface area contributed by atoms with Crippen molar-refractivity contribution in [2.75, 3.05) is 18.5 Å². The first-order valence-electron chi connectivity index (χ1n) is 9.74. The third kappa shape index (κ3) is 5.59. The van der Waals surface area contributed by atoms with E-state index in [1.165, 1.54) is 0 Å². The molecule has 1 aliphatic heterocycles.